The molecule has 0 aliphatic rings. The first-order valence-electron chi connectivity index (χ1n) is 8.45. The molecule has 0 amide bonds. The minimum atomic E-state index is -0.0280. The summed E-state index contributed by atoms with van der Waals surface area (Å²) in [5.74, 6) is 0.853. The molecule has 130 valence electrons. The molecule has 6 nitrogen and oxygen atoms in total. The minimum Gasteiger partial charge on any atom is -0.490 e. The Hall–Kier alpha value is -2.73. The third-order valence-corrected chi connectivity index (χ3v) is 3.94. The second-order valence-corrected chi connectivity index (χ2v) is 5.86. The summed E-state index contributed by atoms with van der Waals surface area (Å²) in [7, 11) is 0. The van der Waals surface area contributed by atoms with Crippen LogP contribution >= 0.6 is 0 Å². The van der Waals surface area contributed by atoms with E-state index in [9.17, 15) is 0 Å². The van der Waals surface area contributed by atoms with Crippen LogP contribution in [0.2, 0.25) is 0 Å². The van der Waals surface area contributed by atoms with Gasteiger partial charge >= 0.3 is 0 Å². The molecule has 0 saturated heterocycles. The Bertz CT molecular complexity index is 714. The van der Waals surface area contributed by atoms with Gasteiger partial charge in [0.2, 0.25) is 0 Å². The molecule has 3 heterocycles. The van der Waals surface area contributed by atoms with Crippen LogP contribution in [0, 0.1) is 13.8 Å². The molecule has 6 heteroatoms. The number of nitrogens with zero attached hydrogens (tertiary/aromatic N) is 3. The van der Waals surface area contributed by atoms with Crippen molar-refractivity contribution in [2.75, 3.05) is 13.2 Å². The Morgan fingerprint density at radius 2 is 1.72 bits per heavy atom. The van der Waals surface area contributed by atoms with Crippen molar-refractivity contribution < 1.29 is 4.74 Å². The number of aryl methyl sites for hydroxylation is 2. The first-order valence-corrected chi connectivity index (χ1v) is 8.45. The molecule has 25 heavy (non-hydrogen) atoms. The van der Waals surface area contributed by atoms with Gasteiger partial charge in [-0.1, -0.05) is 12.1 Å². The van der Waals surface area contributed by atoms with E-state index in [1.54, 1.807) is 12.4 Å². The average molecular weight is 337 g/mol. The predicted octanol–water partition coefficient (Wildman–Crippen LogP) is 2.96. The minimum absolute atomic E-state index is 0.0280. The average Bonchev–Trinajstić information content (AvgIpc) is 2.98. The highest BCUT2D eigenvalue weighted by atomic mass is 16.5. The van der Waals surface area contributed by atoms with Crippen molar-refractivity contribution in [2.45, 2.75) is 26.3 Å². The molecule has 3 aromatic rings. The zero-order valence-electron chi connectivity index (χ0n) is 14.6. The van der Waals surface area contributed by atoms with Gasteiger partial charge in [0.05, 0.1) is 29.7 Å². The smallest absolute Gasteiger partial charge is 0.162 e. The fourth-order valence-electron chi connectivity index (χ4n) is 2.70. The summed E-state index contributed by atoms with van der Waals surface area (Å²) in [4.78, 5) is 8.94. The van der Waals surface area contributed by atoms with Gasteiger partial charge < -0.3 is 10.1 Å². The van der Waals surface area contributed by atoms with Gasteiger partial charge in [0.25, 0.3) is 0 Å². The Morgan fingerprint density at radius 3 is 2.24 bits per heavy atom. The van der Waals surface area contributed by atoms with Crippen LogP contribution in [-0.4, -0.2) is 33.3 Å². The number of aromatic nitrogens is 4. The zero-order valence-corrected chi connectivity index (χ0v) is 14.6. The lowest BCUT2D eigenvalue weighted by Gasteiger charge is -2.18. The van der Waals surface area contributed by atoms with Gasteiger partial charge in [-0.2, -0.15) is 5.10 Å². The van der Waals surface area contributed by atoms with Crippen molar-refractivity contribution in [3.63, 3.8) is 0 Å². The number of aromatic amines is 1. The normalized spacial score (nSPS) is 11.0. The van der Waals surface area contributed by atoms with Crippen molar-refractivity contribution in [3.8, 4) is 5.75 Å². The zero-order chi connectivity index (χ0) is 17.5. The molecule has 0 saturated carbocycles. The van der Waals surface area contributed by atoms with E-state index >= 15 is 0 Å². The topological polar surface area (TPSA) is 75.7 Å². The number of pyridine rings is 2. The van der Waals surface area contributed by atoms with Crippen LogP contribution < -0.4 is 10.1 Å². The molecule has 0 aliphatic carbocycles. The van der Waals surface area contributed by atoms with Crippen LogP contribution in [0.1, 0.15) is 35.2 Å². The number of ether oxygens (including phenoxy) is 1. The molecular weight excluding hydrogens is 314 g/mol. The van der Waals surface area contributed by atoms with Crippen molar-refractivity contribution in [3.05, 3.63) is 71.6 Å². The second-order valence-electron chi connectivity index (χ2n) is 5.86. The van der Waals surface area contributed by atoms with E-state index in [1.807, 2.05) is 50.2 Å². The molecule has 3 rings (SSSR count). The van der Waals surface area contributed by atoms with Crippen LogP contribution in [0.15, 0.2) is 48.8 Å². The van der Waals surface area contributed by atoms with E-state index in [-0.39, 0.29) is 6.04 Å². The summed E-state index contributed by atoms with van der Waals surface area (Å²) in [6.45, 7) is 5.33. The van der Waals surface area contributed by atoms with Gasteiger partial charge in [-0.05, 0) is 51.1 Å². The van der Waals surface area contributed by atoms with Crippen LogP contribution in [0.5, 0.6) is 5.75 Å². The number of hydrogen-bond acceptors (Lipinski definition) is 5. The predicted molar refractivity (Wildman–Crippen MR) is 96.5 cm³/mol. The van der Waals surface area contributed by atoms with E-state index in [0.29, 0.717) is 6.61 Å². The quantitative estimate of drug-likeness (QED) is 0.618. The lowest BCUT2D eigenvalue weighted by molar-refractivity contribution is 0.302. The number of rotatable bonds is 8. The maximum atomic E-state index is 5.84. The second kappa shape index (κ2) is 8.39. The first-order chi connectivity index (χ1) is 12.3. The van der Waals surface area contributed by atoms with Gasteiger partial charge in [0.1, 0.15) is 5.69 Å². The molecule has 0 bridgehead atoms. The summed E-state index contributed by atoms with van der Waals surface area (Å²) in [6.07, 6.45) is 4.49. The summed E-state index contributed by atoms with van der Waals surface area (Å²) < 4.78 is 5.84. The van der Waals surface area contributed by atoms with Crippen LogP contribution in [0.25, 0.3) is 0 Å². The number of H-pyrrole nitrogens is 1. The Balaban J connectivity index is 1.56. The van der Waals surface area contributed by atoms with Crippen LogP contribution in [-0.2, 0) is 0 Å². The third kappa shape index (κ3) is 4.42. The molecule has 0 unspecified atom stereocenters. The Kier molecular flexibility index (Phi) is 5.74. The summed E-state index contributed by atoms with van der Waals surface area (Å²) in [5, 5.41) is 10.6. The van der Waals surface area contributed by atoms with E-state index in [0.717, 1.165) is 41.5 Å². The first kappa shape index (κ1) is 17.1. The van der Waals surface area contributed by atoms with Crippen LogP contribution in [0.4, 0.5) is 0 Å². The molecule has 0 atom stereocenters. The van der Waals surface area contributed by atoms with Crippen molar-refractivity contribution in [1.29, 1.82) is 0 Å². The van der Waals surface area contributed by atoms with E-state index in [4.69, 9.17) is 4.74 Å². The molecule has 3 aromatic heterocycles. The molecular formula is C19H23N5O. The molecule has 0 fully saturated rings. The lowest BCUT2D eigenvalue weighted by atomic mass is 10.1. The van der Waals surface area contributed by atoms with Crippen molar-refractivity contribution >= 4 is 0 Å². The standard InChI is InChI=1S/C19H23N5O/c1-14-19(15(2)24-23-14)25-13-7-12-22-18(16-8-3-5-10-20-16)17-9-4-6-11-21-17/h3-6,8-11,18,22H,7,12-13H2,1-2H3,(H,23,24). The monoisotopic (exact) mass is 337 g/mol. The SMILES string of the molecule is Cc1n[nH]c(C)c1OCCCNC(c1ccccn1)c1ccccn1. The van der Waals surface area contributed by atoms with Gasteiger partial charge in [0, 0.05) is 12.4 Å². The van der Waals surface area contributed by atoms with E-state index < -0.39 is 0 Å². The third-order valence-electron chi connectivity index (χ3n) is 3.94. The highest BCUT2D eigenvalue weighted by molar-refractivity contribution is 5.30. The molecule has 0 radical (unpaired) electrons. The number of nitrogens with one attached hydrogen (secondary N) is 2. The maximum Gasteiger partial charge on any atom is 0.162 e. The fraction of sp³-hybridized carbons (Fsp3) is 0.316. The Morgan fingerprint density at radius 1 is 1.04 bits per heavy atom. The van der Waals surface area contributed by atoms with Gasteiger partial charge in [-0.15, -0.1) is 0 Å². The van der Waals surface area contributed by atoms with Crippen molar-refractivity contribution in [2.24, 2.45) is 0 Å². The molecule has 0 aromatic carbocycles. The Labute approximate surface area is 147 Å². The number of hydrogen-bond donors (Lipinski definition) is 2. The van der Waals surface area contributed by atoms with Crippen LogP contribution in [0.3, 0.4) is 0 Å². The fourth-order valence-corrected chi connectivity index (χ4v) is 2.70. The molecule has 2 N–H and O–H groups in total. The van der Waals surface area contributed by atoms with Gasteiger partial charge in [-0.3, -0.25) is 15.1 Å². The van der Waals surface area contributed by atoms with E-state index in [1.165, 1.54) is 0 Å². The summed E-state index contributed by atoms with van der Waals surface area (Å²) >= 11 is 0. The molecule has 0 spiro atoms. The van der Waals surface area contributed by atoms with Gasteiger partial charge in [-0.25, -0.2) is 0 Å². The molecule has 0 aliphatic heterocycles. The highest BCUT2D eigenvalue weighted by Crippen LogP contribution is 2.20. The summed E-state index contributed by atoms with van der Waals surface area (Å²) in [6, 6.07) is 11.8. The maximum absolute atomic E-state index is 5.84. The van der Waals surface area contributed by atoms with E-state index in [2.05, 4.69) is 25.5 Å². The van der Waals surface area contributed by atoms with Crippen molar-refractivity contribution in [1.82, 2.24) is 25.5 Å². The lowest BCUT2D eigenvalue weighted by Crippen LogP contribution is -2.26. The highest BCUT2D eigenvalue weighted by Gasteiger charge is 2.15. The van der Waals surface area contributed by atoms with Gasteiger partial charge in [0.15, 0.2) is 5.75 Å². The largest absolute Gasteiger partial charge is 0.490 e. The summed E-state index contributed by atoms with van der Waals surface area (Å²) in [5.41, 5.74) is 3.78.